The van der Waals surface area contributed by atoms with Crippen molar-refractivity contribution in [2.75, 3.05) is 6.54 Å². The summed E-state index contributed by atoms with van der Waals surface area (Å²) in [6.07, 6.45) is 2.71. The summed E-state index contributed by atoms with van der Waals surface area (Å²) in [6.45, 7) is 5.42. The van der Waals surface area contributed by atoms with Gasteiger partial charge >= 0.3 is 0 Å². The first kappa shape index (κ1) is 9.40. The molecule has 4 nitrogen and oxygen atoms in total. The SMILES string of the molecule is CCC1CNCc2ncc(C(C)=O)n21. The number of fused-ring (bicyclic) bond motifs is 1. The second kappa shape index (κ2) is 3.53. The number of hydrogen-bond acceptors (Lipinski definition) is 3. The van der Waals surface area contributed by atoms with E-state index in [4.69, 9.17) is 0 Å². The highest BCUT2D eigenvalue weighted by Gasteiger charge is 2.22. The molecule has 0 aromatic carbocycles. The van der Waals surface area contributed by atoms with Gasteiger partial charge in [-0.05, 0) is 6.42 Å². The van der Waals surface area contributed by atoms with Gasteiger partial charge in [0.1, 0.15) is 11.5 Å². The predicted octanol–water partition coefficient (Wildman–Crippen LogP) is 1.14. The molecule has 1 aromatic heterocycles. The number of ketones is 1. The number of carbonyl (C=O) groups is 1. The lowest BCUT2D eigenvalue weighted by Crippen LogP contribution is -2.34. The molecule has 2 heterocycles. The molecule has 4 heteroatoms. The Morgan fingerprint density at radius 1 is 1.79 bits per heavy atom. The largest absolute Gasteiger partial charge is 0.320 e. The van der Waals surface area contributed by atoms with Crippen LogP contribution in [0.1, 0.15) is 42.6 Å². The lowest BCUT2D eigenvalue weighted by atomic mass is 10.1. The molecule has 76 valence electrons. The summed E-state index contributed by atoms with van der Waals surface area (Å²) < 4.78 is 2.08. The monoisotopic (exact) mass is 193 g/mol. The van der Waals surface area contributed by atoms with Crippen molar-refractivity contribution in [2.45, 2.75) is 32.9 Å². The molecule has 0 spiro atoms. The van der Waals surface area contributed by atoms with Crippen LogP contribution in [0.2, 0.25) is 0 Å². The fraction of sp³-hybridized carbons (Fsp3) is 0.600. The summed E-state index contributed by atoms with van der Waals surface area (Å²) >= 11 is 0. The van der Waals surface area contributed by atoms with Crippen molar-refractivity contribution in [1.82, 2.24) is 14.9 Å². The Balaban J connectivity index is 2.46. The average Bonchev–Trinajstić information content (AvgIpc) is 2.60. The van der Waals surface area contributed by atoms with Crippen LogP contribution in [0.3, 0.4) is 0 Å². The molecule has 1 aliphatic heterocycles. The summed E-state index contributed by atoms with van der Waals surface area (Å²) in [5.74, 6) is 1.08. The highest BCUT2D eigenvalue weighted by Crippen LogP contribution is 2.20. The Hall–Kier alpha value is -1.16. The summed E-state index contributed by atoms with van der Waals surface area (Å²) in [7, 11) is 0. The standard InChI is InChI=1S/C10H15N3O/c1-3-8-4-11-6-10-12-5-9(7(2)14)13(8)10/h5,8,11H,3-4,6H2,1-2H3. The van der Waals surface area contributed by atoms with E-state index in [1.165, 1.54) is 0 Å². The van der Waals surface area contributed by atoms with E-state index in [1.807, 2.05) is 0 Å². The summed E-state index contributed by atoms with van der Waals surface area (Å²) in [4.78, 5) is 15.6. The van der Waals surface area contributed by atoms with Crippen LogP contribution in [0.15, 0.2) is 6.20 Å². The van der Waals surface area contributed by atoms with Gasteiger partial charge in [0.25, 0.3) is 0 Å². The second-order valence-electron chi connectivity index (χ2n) is 3.68. The molecule has 0 saturated heterocycles. The molecule has 0 radical (unpaired) electrons. The quantitative estimate of drug-likeness (QED) is 0.716. The molecule has 14 heavy (non-hydrogen) atoms. The normalized spacial score (nSPS) is 20.6. The summed E-state index contributed by atoms with van der Waals surface area (Å²) in [5, 5.41) is 3.30. The maximum Gasteiger partial charge on any atom is 0.177 e. The zero-order valence-corrected chi connectivity index (χ0v) is 8.58. The van der Waals surface area contributed by atoms with E-state index in [0.29, 0.717) is 6.04 Å². The maximum absolute atomic E-state index is 11.4. The van der Waals surface area contributed by atoms with E-state index in [9.17, 15) is 4.79 Å². The molecule has 1 unspecified atom stereocenters. The lowest BCUT2D eigenvalue weighted by Gasteiger charge is -2.26. The van der Waals surface area contributed by atoms with E-state index in [-0.39, 0.29) is 5.78 Å². The molecule has 0 saturated carbocycles. The number of nitrogens with one attached hydrogen (secondary N) is 1. The molecule has 2 rings (SSSR count). The molecule has 0 bridgehead atoms. The van der Waals surface area contributed by atoms with Crippen LogP contribution in [-0.2, 0) is 6.54 Å². The van der Waals surface area contributed by atoms with Gasteiger partial charge in [-0.25, -0.2) is 4.98 Å². The van der Waals surface area contributed by atoms with Gasteiger partial charge in [0.2, 0.25) is 0 Å². The van der Waals surface area contributed by atoms with Crippen molar-refractivity contribution in [3.63, 3.8) is 0 Å². The van der Waals surface area contributed by atoms with Gasteiger partial charge in [-0.2, -0.15) is 0 Å². The van der Waals surface area contributed by atoms with E-state index in [0.717, 1.165) is 31.0 Å². The molecule has 1 aromatic rings. The van der Waals surface area contributed by atoms with Crippen LogP contribution in [0.5, 0.6) is 0 Å². The smallest absolute Gasteiger partial charge is 0.177 e. The Morgan fingerprint density at radius 2 is 2.57 bits per heavy atom. The minimum absolute atomic E-state index is 0.101. The third-order valence-corrected chi connectivity index (χ3v) is 2.73. The fourth-order valence-electron chi connectivity index (χ4n) is 1.97. The number of carbonyl (C=O) groups excluding carboxylic acids is 1. The highest BCUT2D eigenvalue weighted by atomic mass is 16.1. The first-order chi connectivity index (χ1) is 6.74. The molecular weight excluding hydrogens is 178 g/mol. The van der Waals surface area contributed by atoms with E-state index >= 15 is 0 Å². The van der Waals surface area contributed by atoms with Crippen LogP contribution in [0, 0.1) is 0 Å². The summed E-state index contributed by atoms with van der Waals surface area (Å²) in [6, 6.07) is 0.375. The van der Waals surface area contributed by atoms with Crippen molar-refractivity contribution >= 4 is 5.78 Å². The molecule has 1 N–H and O–H groups in total. The number of hydrogen-bond donors (Lipinski definition) is 1. The molecule has 0 aliphatic carbocycles. The first-order valence-electron chi connectivity index (χ1n) is 5.01. The van der Waals surface area contributed by atoms with Crippen LogP contribution in [0.25, 0.3) is 0 Å². The Morgan fingerprint density at radius 3 is 3.21 bits per heavy atom. The first-order valence-corrected chi connectivity index (χ1v) is 5.01. The molecule has 1 atom stereocenters. The topological polar surface area (TPSA) is 46.9 Å². The zero-order valence-electron chi connectivity index (χ0n) is 8.58. The van der Waals surface area contributed by atoms with E-state index < -0.39 is 0 Å². The van der Waals surface area contributed by atoms with Crippen molar-refractivity contribution in [1.29, 1.82) is 0 Å². The number of rotatable bonds is 2. The Bertz CT molecular complexity index is 356. The van der Waals surface area contributed by atoms with Gasteiger partial charge < -0.3 is 9.88 Å². The minimum Gasteiger partial charge on any atom is -0.320 e. The van der Waals surface area contributed by atoms with Crippen LogP contribution in [-0.4, -0.2) is 21.9 Å². The van der Waals surface area contributed by atoms with E-state index in [2.05, 4.69) is 21.8 Å². The lowest BCUT2D eigenvalue weighted by molar-refractivity contribution is 0.100. The highest BCUT2D eigenvalue weighted by molar-refractivity contribution is 5.92. The molecule has 0 amide bonds. The number of imidazole rings is 1. The van der Waals surface area contributed by atoms with Gasteiger partial charge in [0.05, 0.1) is 12.7 Å². The van der Waals surface area contributed by atoms with Gasteiger partial charge in [-0.3, -0.25) is 4.79 Å². The zero-order chi connectivity index (χ0) is 10.1. The van der Waals surface area contributed by atoms with Gasteiger partial charge in [0.15, 0.2) is 5.78 Å². The van der Waals surface area contributed by atoms with Crippen LogP contribution >= 0.6 is 0 Å². The average molecular weight is 193 g/mol. The Labute approximate surface area is 83.3 Å². The minimum atomic E-state index is 0.101. The number of nitrogens with zero attached hydrogens (tertiary/aromatic N) is 2. The third kappa shape index (κ3) is 1.35. The third-order valence-electron chi connectivity index (χ3n) is 2.73. The number of Topliss-reactive ketones (excluding diaryl/α,β-unsaturated/α-hetero) is 1. The molecule has 1 aliphatic rings. The second-order valence-corrected chi connectivity index (χ2v) is 3.68. The van der Waals surface area contributed by atoms with Crippen LogP contribution < -0.4 is 5.32 Å². The maximum atomic E-state index is 11.4. The van der Waals surface area contributed by atoms with Gasteiger partial charge in [-0.15, -0.1) is 0 Å². The van der Waals surface area contributed by atoms with Crippen molar-refractivity contribution < 1.29 is 4.79 Å². The molecular formula is C10H15N3O. The van der Waals surface area contributed by atoms with E-state index in [1.54, 1.807) is 13.1 Å². The van der Waals surface area contributed by atoms with Crippen LogP contribution in [0.4, 0.5) is 0 Å². The van der Waals surface area contributed by atoms with Gasteiger partial charge in [0, 0.05) is 19.5 Å². The number of aromatic nitrogens is 2. The fourth-order valence-corrected chi connectivity index (χ4v) is 1.97. The molecule has 0 fully saturated rings. The van der Waals surface area contributed by atoms with Crippen molar-refractivity contribution in [3.05, 3.63) is 17.7 Å². The van der Waals surface area contributed by atoms with Crippen molar-refractivity contribution in [2.24, 2.45) is 0 Å². The Kier molecular flexibility index (Phi) is 2.37. The summed E-state index contributed by atoms with van der Waals surface area (Å²) in [5.41, 5.74) is 0.744. The van der Waals surface area contributed by atoms with Crippen molar-refractivity contribution in [3.8, 4) is 0 Å². The van der Waals surface area contributed by atoms with Gasteiger partial charge in [-0.1, -0.05) is 6.92 Å². The predicted molar refractivity (Wildman–Crippen MR) is 53.3 cm³/mol.